The Kier molecular flexibility index (Phi) is 4.85. The minimum atomic E-state index is -3.91. The summed E-state index contributed by atoms with van der Waals surface area (Å²) in [6.07, 6.45) is 3.14. The zero-order valence-corrected chi connectivity index (χ0v) is 12.8. The average Bonchev–Trinajstić information content (AvgIpc) is 2.59. The average molecular weight is 316 g/mol. The molecule has 1 aliphatic carbocycles. The predicted molar refractivity (Wildman–Crippen MR) is 78.8 cm³/mol. The van der Waals surface area contributed by atoms with E-state index in [2.05, 4.69) is 4.72 Å². The van der Waals surface area contributed by atoms with E-state index in [0.717, 1.165) is 25.3 Å². The van der Waals surface area contributed by atoms with Gasteiger partial charge in [-0.05, 0) is 31.9 Å². The standard InChI is InChI=1S/C14H21FN2O3S/c1-9-11(15)7-10(16)8-14(9)21(19,20)17-12-5-3-2-4-6-13(12)18/h7-8,12-13,17-18H,2-6,16H2,1H3. The van der Waals surface area contributed by atoms with Crippen molar-refractivity contribution in [2.24, 2.45) is 0 Å². The van der Waals surface area contributed by atoms with E-state index in [1.165, 1.54) is 13.0 Å². The fourth-order valence-corrected chi connectivity index (χ4v) is 4.23. The first-order valence-corrected chi connectivity index (χ1v) is 8.55. The largest absolute Gasteiger partial charge is 0.399 e. The van der Waals surface area contributed by atoms with Gasteiger partial charge in [0.1, 0.15) is 5.82 Å². The van der Waals surface area contributed by atoms with Crippen LogP contribution in [0.5, 0.6) is 0 Å². The van der Waals surface area contributed by atoms with Gasteiger partial charge in [0.05, 0.1) is 11.0 Å². The molecular formula is C14H21FN2O3S. The van der Waals surface area contributed by atoms with Crippen LogP contribution in [0.15, 0.2) is 17.0 Å². The van der Waals surface area contributed by atoms with Crippen LogP contribution in [0.25, 0.3) is 0 Å². The van der Waals surface area contributed by atoms with Crippen LogP contribution in [0.1, 0.15) is 37.7 Å². The van der Waals surface area contributed by atoms with Crippen molar-refractivity contribution >= 4 is 15.7 Å². The lowest BCUT2D eigenvalue weighted by Crippen LogP contribution is -2.42. The van der Waals surface area contributed by atoms with Crippen LogP contribution in [0, 0.1) is 12.7 Å². The summed E-state index contributed by atoms with van der Waals surface area (Å²) < 4.78 is 41.0. The SMILES string of the molecule is Cc1c(F)cc(N)cc1S(=O)(=O)NC1CCCCCC1O. The Balaban J connectivity index is 2.30. The maximum atomic E-state index is 13.7. The van der Waals surface area contributed by atoms with Crippen LogP contribution in [-0.4, -0.2) is 25.7 Å². The Morgan fingerprint density at radius 2 is 1.95 bits per heavy atom. The lowest BCUT2D eigenvalue weighted by atomic mass is 10.1. The van der Waals surface area contributed by atoms with Gasteiger partial charge in [-0.1, -0.05) is 19.3 Å². The van der Waals surface area contributed by atoms with E-state index in [9.17, 15) is 17.9 Å². The first-order valence-electron chi connectivity index (χ1n) is 7.07. The third-order valence-electron chi connectivity index (χ3n) is 3.89. The van der Waals surface area contributed by atoms with Crippen molar-refractivity contribution in [3.63, 3.8) is 0 Å². The Bertz CT molecular complexity index is 619. The third kappa shape index (κ3) is 3.72. The Hall–Kier alpha value is -1.18. The molecule has 0 aromatic heterocycles. The molecule has 0 spiro atoms. The second-order valence-corrected chi connectivity index (χ2v) is 7.24. The van der Waals surface area contributed by atoms with Gasteiger partial charge < -0.3 is 10.8 Å². The number of nitrogens with one attached hydrogen (secondary N) is 1. The van der Waals surface area contributed by atoms with E-state index in [0.29, 0.717) is 12.8 Å². The van der Waals surface area contributed by atoms with Crippen LogP contribution in [0.4, 0.5) is 10.1 Å². The molecule has 1 aliphatic rings. The minimum Gasteiger partial charge on any atom is -0.399 e. The van der Waals surface area contributed by atoms with E-state index in [-0.39, 0.29) is 16.1 Å². The molecule has 0 heterocycles. The van der Waals surface area contributed by atoms with Crippen LogP contribution in [-0.2, 0) is 10.0 Å². The molecule has 4 N–H and O–H groups in total. The molecule has 1 saturated carbocycles. The maximum absolute atomic E-state index is 13.7. The molecule has 0 aliphatic heterocycles. The number of rotatable bonds is 3. The summed E-state index contributed by atoms with van der Waals surface area (Å²) in [5.74, 6) is -0.656. The smallest absolute Gasteiger partial charge is 0.241 e. The van der Waals surface area contributed by atoms with E-state index >= 15 is 0 Å². The Morgan fingerprint density at radius 1 is 1.29 bits per heavy atom. The van der Waals surface area contributed by atoms with Crippen molar-refractivity contribution in [1.29, 1.82) is 0 Å². The van der Waals surface area contributed by atoms with Crippen LogP contribution in [0.2, 0.25) is 0 Å². The van der Waals surface area contributed by atoms with E-state index < -0.39 is 28.0 Å². The van der Waals surface area contributed by atoms with Crippen molar-refractivity contribution in [2.75, 3.05) is 5.73 Å². The molecule has 0 radical (unpaired) electrons. The van der Waals surface area contributed by atoms with Crippen molar-refractivity contribution in [3.05, 3.63) is 23.5 Å². The summed E-state index contributed by atoms with van der Waals surface area (Å²) >= 11 is 0. The second-order valence-electron chi connectivity index (χ2n) is 5.56. The molecule has 2 atom stereocenters. The lowest BCUT2D eigenvalue weighted by molar-refractivity contribution is 0.130. The molecule has 1 aromatic carbocycles. The number of hydrogen-bond donors (Lipinski definition) is 3. The number of nitrogens with two attached hydrogens (primary N) is 1. The number of halogens is 1. The first-order chi connectivity index (χ1) is 9.81. The van der Waals surface area contributed by atoms with Gasteiger partial charge in [-0.3, -0.25) is 0 Å². The number of nitrogen functional groups attached to an aromatic ring is 1. The van der Waals surface area contributed by atoms with Gasteiger partial charge >= 0.3 is 0 Å². The second kappa shape index (κ2) is 6.29. The van der Waals surface area contributed by atoms with Gasteiger partial charge in [0, 0.05) is 17.3 Å². The van der Waals surface area contributed by atoms with Gasteiger partial charge in [-0.25, -0.2) is 17.5 Å². The summed E-state index contributed by atoms with van der Waals surface area (Å²) in [6.45, 7) is 1.40. The molecule has 2 unspecified atom stereocenters. The van der Waals surface area contributed by atoms with Gasteiger partial charge in [0.15, 0.2) is 0 Å². The molecule has 0 amide bonds. The van der Waals surface area contributed by atoms with E-state index in [4.69, 9.17) is 5.73 Å². The highest BCUT2D eigenvalue weighted by molar-refractivity contribution is 7.89. The zero-order valence-electron chi connectivity index (χ0n) is 12.0. The van der Waals surface area contributed by atoms with Crippen molar-refractivity contribution in [1.82, 2.24) is 4.72 Å². The molecule has 1 aromatic rings. The van der Waals surface area contributed by atoms with E-state index in [1.54, 1.807) is 0 Å². The number of sulfonamides is 1. The Morgan fingerprint density at radius 3 is 2.67 bits per heavy atom. The number of benzene rings is 1. The summed E-state index contributed by atoms with van der Waals surface area (Å²) in [5, 5.41) is 10.0. The van der Waals surface area contributed by atoms with Crippen LogP contribution in [0.3, 0.4) is 0 Å². The monoisotopic (exact) mass is 316 g/mol. The van der Waals surface area contributed by atoms with Gasteiger partial charge in [0.25, 0.3) is 0 Å². The van der Waals surface area contributed by atoms with Crippen LogP contribution < -0.4 is 10.5 Å². The molecule has 2 rings (SSSR count). The molecule has 0 bridgehead atoms. The van der Waals surface area contributed by atoms with Gasteiger partial charge in [-0.2, -0.15) is 0 Å². The quantitative estimate of drug-likeness (QED) is 0.584. The molecule has 21 heavy (non-hydrogen) atoms. The topological polar surface area (TPSA) is 92.4 Å². The fourth-order valence-electron chi connectivity index (χ4n) is 2.64. The van der Waals surface area contributed by atoms with Crippen molar-refractivity contribution in [2.45, 2.75) is 56.1 Å². The maximum Gasteiger partial charge on any atom is 0.241 e. The normalized spacial score (nSPS) is 23.8. The fraction of sp³-hybridized carbons (Fsp3) is 0.571. The minimum absolute atomic E-state index is 0.0276. The summed E-state index contributed by atoms with van der Waals surface area (Å²) in [7, 11) is -3.91. The molecular weight excluding hydrogens is 295 g/mol. The van der Waals surface area contributed by atoms with Crippen molar-refractivity contribution < 1.29 is 17.9 Å². The number of hydrogen-bond acceptors (Lipinski definition) is 4. The highest BCUT2D eigenvalue weighted by Crippen LogP contribution is 2.24. The highest BCUT2D eigenvalue weighted by atomic mass is 32.2. The Labute approximate surface area is 124 Å². The van der Waals surface area contributed by atoms with Gasteiger partial charge in [0.2, 0.25) is 10.0 Å². The molecule has 5 nitrogen and oxygen atoms in total. The number of anilines is 1. The van der Waals surface area contributed by atoms with Crippen molar-refractivity contribution in [3.8, 4) is 0 Å². The third-order valence-corrected chi connectivity index (χ3v) is 5.51. The lowest BCUT2D eigenvalue weighted by Gasteiger charge is -2.22. The molecule has 1 fully saturated rings. The van der Waals surface area contributed by atoms with Gasteiger partial charge in [-0.15, -0.1) is 0 Å². The number of aliphatic hydroxyl groups excluding tert-OH is 1. The summed E-state index contributed by atoms with van der Waals surface area (Å²) in [5.41, 5.74) is 5.61. The highest BCUT2D eigenvalue weighted by Gasteiger charge is 2.28. The summed E-state index contributed by atoms with van der Waals surface area (Å²) in [4.78, 5) is -0.170. The molecule has 7 heteroatoms. The first kappa shape index (κ1) is 16.2. The predicted octanol–water partition coefficient (Wildman–Crippen LogP) is 1.69. The number of aliphatic hydroxyl groups is 1. The van der Waals surface area contributed by atoms with E-state index in [1.807, 2.05) is 0 Å². The summed E-state index contributed by atoms with van der Waals surface area (Å²) in [6, 6.07) is 1.79. The molecule has 0 saturated heterocycles. The van der Waals surface area contributed by atoms with Crippen LogP contribution >= 0.6 is 0 Å². The molecule has 118 valence electrons. The zero-order chi connectivity index (χ0) is 15.6.